The Balaban J connectivity index is 1.51. The molecular weight excluding hydrogens is 424 g/mol. The van der Waals surface area contributed by atoms with Crippen LogP contribution in [0.15, 0.2) is 53.4 Å². The summed E-state index contributed by atoms with van der Waals surface area (Å²) < 4.78 is 36.1. The van der Waals surface area contributed by atoms with Crippen LogP contribution in [-0.4, -0.2) is 52.2 Å². The van der Waals surface area contributed by atoms with Crippen LogP contribution in [0.4, 0.5) is 0 Å². The van der Waals surface area contributed by atoms with Crippen LogP contribution < -0.4 is 5.32 Å². The number of aromatic nitrogens is 2. The van der Waals surface area contributed by atoms with E-state index in [1.54, 1.807) is 12.1 Å². The average molecular weight is 447 g/mol. The first-order valence-electron chi connectivity index (χ1n) is 9.68. The van der Waals surface area contributed by atoms with E-state index in [-0.39, 0.29) is 24.0 Å². The van der Waals surface area contributed by atoms with Crippen molar-refractivity contribution in [3.05, 3.63) is 54.1 Å². The molecule has 1 aliphatic rings. The topological polar surface area (TPSA) is 112 Å². The number of sulfonamides is 1. The molecule has 10 heteroatoms. The Kier molecular flexibility index (Phi) is 6.09. The number of fused-ring (bicyclic) bond motifs is 1. The number of piperidine rings is 1. The minimum Gasteiger partial charge on any atom is -0.394 e. The fraction of sp³-hybridized carbons (Fsp3) is 0.350. The predicted molar refractivity (Wildman–Crippen MR) is 113 cm³/mol. The number of nitrogens with zero attached hydrogens (tertiary/aromatic N) is 3. The number of aliphatic hydroxyl groups excluding tert-OH is 1. The number of benzene rings is 2. The number of carbonyl (C=O) groups is 1. The minimum atomic E-state index is -3.80. The number of hydrogen-bond donors (Lipinski definition) is 2. The van der Waals surface area contributed by atoms with E-state index in [1.807, 2.05) is 30.3 Å². The first-order chi connectivity index (χ1) is 14.5. The van der Waals surface area contributed by atoms with Crippen LogP contribution in [0.25, 0.3) is 11.0 Å². The molecule has 2 atom stereocenters. The Hall–Kier alpha value is -2.40. The van der Waals surface area contributed by atoms with Gasteiger partial charge in [0.1, 0.15) is 15.9 Å². The van der Waals surface area contributed by atoms with Crippen LogP contribution in [0.2, 0.25) is 0 Å². The van der Waals surface area contributed by atoms with Crippen molar-refractivity contribution in [2.45, 2.75) is 23.8 Å². The van der Waals surface area contributed by atoms with Crippen molar-refractivity contribution < 1.29 is 18.3 Å². The SMILES string of the molecule is O=C(N[C@H](CO)c1ccccc1)C1CCCN(S(=O)(=O)c2cccc3nsnc23)C1. The summed E-state index contributed by atoms with van der Waals surface area (Å²) in [6, 6.07) is 13.6. The molecule has 4 rings (SSSR count). The molecule has 1 amide bonds. The van der Waals surface area contributed by atoms with Gasteiger partial charge in [0.2, 0.25) is 15.9 Å². The fourth-order valence-corrected chi connectivity index (χ4v) is 5.99. The van der Waals surface area contributed by atoms with E-state index < -0.39 is 22.0 Å². The van der Waals surface area contributed by atoms with Gasteiger partial charge in [0.05, 0.1) is 30.3 Å². The molecule has 158 valence electrons. The Morgan fingerprint density at radius 3 is 2.77 bits per heavy atom. The number of amides is 1. The highest BCUT2D eigenvalue weighted by Crippen LogP contribution is 2.28. The third-order valence-corrected chi connectivity index (χ3v) is 7.76. The molecule has 0 saturated carbocycles. The number of carbonyl (C=O) groups excluding carboxylic acids is 1. The lowest BCUT2D eigenvalue weighted by Crippen LogP contribution is -2.46. The van der Waals surface area contributed by atoms with Gasteiger partial charge in [0.15, 0.2) is 0 Å². The third kappa shape index (κ3) is 4.08. The van der Waals surface area contributed by atoms with Crippen molar-refractivity contribution in [2.75, 3.05) is 19.7 Å². The van der Waals surface area contributed by atoms with Crippen LogP contribution in [0.5, 0.6) is 0 Å². The molecule has 8 nitrogen and oxygen atoms in total. The summed E-state index contributed by atoms with van der Waals surface area (Å²) in [5.74, 6) is -0.745. The summed E-state index contributed by atoms with van der Waals surface area (Å²) in [5.41, 5.74) is 1.70. The maximum absolute atomic E-state index is 13.3. The lowest BCUT2D eigenvalue weighted by molar-refractivity contribution is -0.127. The lowest BCUT2D eigenvalue weighted by atomic mass is 9.97. The summed E-state index contributed by atoms with van der Waals surface area (Å²) in [4.78, 5) is 13.0. The highest BCUT2D eigenvalue weighted by atomic mass is 32.2. The fourth-order valence-electron chi connectivity index (χ4n) is 3.71. The van der Waals surface area contributed by atoms with Gasteiger partial charge in [-0.1, -0.05) is 36.4 Å². The van der Waals surface area contributed by atoms with Gasteiger partial charge in [-0.05, 0) is 30.5 Å². The maximum Gasteiger partial charge on any atom is 0.245 e. The van der Waals surface area contributed by atoms with Gasteiger partial charge in [-0.25, -0.2) is 8.42 Å². The molecule has 1 aromatic heterocycles. The standard InChI is InChI=1S/C20H22N4O4S2/c25-13-17(14-6-2-1-3-7-14)21-20(26)15-8-5-11-24(12-15)30(27,28)18-10-4-9-16-19(18)23-29-22-16/h1-4,6-7,9-10,15,17,25H,5,8,11-13H2,(H,21,26)/t15?,17-/m1/s1. The largest absolute Gasteiger partial charge is 0.394 e. The van der Waals surface area contributed by atoms with Gasteiger partial charge < -0.3 is 10.4 Å². The molecule has 0 bridgehead atoms. The van der Waals surface area contributed by atoms with Crippen LogP contribution in [0.3, 0.4) is 0 Å². The van der Waals surface area contributed by atoms with Crippen molar-refractivity contribution in [1.29, 1.82) is 0 Å². The monoisotopic (exact) mass is 446 g/mol. The Morgan fingerprint density at radius 2 is 2.00 bits per heavy atom. The first kappa shape index (κ1) is 20.9. The molecule has 1 saturated heterocycles. The Bertz CT molecular complexity index is 1130. The zero-order valence-electron chi connectivity index (χ0n) is 16.1. The predicted octanol–water partition coefficient (Wildman–Crippen LogP) is 1.94. The van der Waals surface area contributed by atoms with Crippen molar-refractivity contribution in [3.8, 4) is 0 Å². The van der Waals surface area contributed by atoms with Crippen LogP contribution in [0, 0.1) is 5.92 Å². The van der Waals surface area contributed by atoms with Gasteiger partial charge in [0, 0.05) is 13.1 Å². The highest BCUT2D eigenvalue weighted by molar-refractivity contribution is 7.89. The molecule has 2 heterocycles. The van der Waals surface area contributed by atoms with E-state index in [9.17, 15) is 18.3 Å². The molecule has 1 aliphatic heterocycles. The summed E-state index contributed by atoms with van der Waals surface area (Å²) >= 11 is 0.972. The maximum atomic E-state index is 13.3. The molecule has 0 aliphatic carbocycles. The van der Waals surface area contributed by atoms with E-state index in [0.29, 0.717) is 30.4 Å². The summed E-state index contributed by atoms with van der Waals surface area (Å²) in [5, 5.41) is 12.6. The molecule has 3 aromatic rings. The van der Waals surface area contributed by atoms with Crippen LogP contribution >= 0.6 is 11.7 Å². The molecule has 0 radical (unpaired) electrons. The number of aliphatic hydroxyl groups is 1. The molecular formula is C20H22N4O4S2. The zero-order chi connectivity index (χ0) is 21.1. The zero-order valence-corrected chi connectivity index (χ0v) is 17.8. The number of rotatable bonds is 6. The smallest absolute Gasteiger partial charge is 0.245 e. The molecule has 30 heavy (non-hydrogen) atoms. The van der Waals surface area contributed by atoms with E-state index in [0.717, 1.165) is 17.3 Å². The van der Waals surface area contributed by atoms with E-state index in [4.69, 9.17) is 0 Å². The van der Waals surface area contributed by atoms with Gasteiger partial charge in [-0.2, -0.15) is 13.1 Å². The quantitative estimate of drug-likeness (QED) is 0.598. The van der Waals surface area contributed by atoms with Crippen molar-refractivity contribution in [1.82, 2.24) is 18.4 Å². The lowest BCUT2D eigenvalue weighted by Gasteiger charge is -2.32. The summed E-state index contributed by atoms with van der Waals surface area (Å²) in [6.07, 6.45) is 1.17. The third-order valence-electron chi connectivity index (χ3n) is 5.32. The second kappa shape index (κ2) is 8.76. The van der Waals surface area contributed by atoms with Gasteiger partial charge in [-0.3, -0.25) is 4.79 Å². The van der Waals surface area contributed by atoms with Crippen molar-refractivity contribution in [2.24, 2.45) is 5.92 Å². The second-order valence-electron chi connectivity index (χ2n) is 7.24. The highest BCUT2D eigenvalue weighted by Gasteiger charge is 2.35. The summed E-state index contributed by atoms with van der Waals surface area (Å²) in [6.45, 7) is 0.209. The average Bonchev–Trinajstić information content (AvgIpc) is 3.27. The van der Waals surface area contributed by atoms with E-state index >= 15 is 0 Å². The normalized spacial score (nSPS) is 18.9. The molecule has 2 N–H and O–H groups in total. The van der Waals surface area contributed by atoms with Gasteiger partial charge in [0.25, 0.3) is 0 Å². The van der Waals surface area contributed by atoms with Crippen molar-refractivity contribution >= 4 is 38.7 Å². The van der Waals surface area contributed by atoms with Crippen LogP contribution in [-0.2, 0) is 14.8 Å². The molecule has 2 aromatic carbocycles. The minimum absolute atomic E-state index is 0.0923. The molecule has 0 spiro atoms. The molecule has 1 fully saturated rings. The number of hydrogen-bond acceptors (Lipinski definition) is 7. The second-order valence-corrected chi connectivity index (χ2v) is 9.68. The van der Waals surface area contributed by atoms with E-state index in [2.05, 4.69) is 14.1 Å². The van der Waals surface area contributed by atoms with Crippen LogP contribution in [0.1, 0.15) is 24.4 Å². The molecule has 1 unspecified atom stereocenters. The summed E-state index contributed by atoms with van der Waals surface area (Å²) in [7, 11) is -3.80. The Labute approximate surface area is 178 Å². The first-order valence-corrected chi connectivity index (χ1v) is 11.9. The van der Waals surface area contributed by atoms with E-state index in [1.165, 1.54) is 10.4 Å². The van der Waals surface area contributed by atoms with Gasteiger partial charge in [-0.15, -0.1) is 0 Å². The van der Waals surface area contributed by atoms with Crippen molar-refractivity contribution in [3.63, 3.8) is 0 Å². The number of nitrogens with one attached hydrogen (secondary N) is 1. The van der Waals surface area contributed by atoms with Gasteiger partial charge >= 0.3 is 0 Å². The Morgan fingerprint density at radius 1 is 1.20 bits per heavy atom.